The fraction of sp³-hybridized carbons (Fsp3) is 0.300. The topological polar surface area (TPSA) is 127 Å². The van der Waals surface area contributed by atoms with Crippen LogP contribution in [0.1, 0.15) is 13.3 Å². The van der Waals surface area contributed by atoms with E-state index >= 15 is 0 Å². The molecule has 0 fully saturated rings. The van der Waals surface area contributed by atoms with Crippen LogP contribution in [0.4, 0.5) is 5.69 Å². The summed E-state index contributed by atoms with van der Waals surface area (Å²) in [6.45, 7) is 1.56. The number of nitrogen functional groups attached to an aromatic ring is 1. The fourth-order valence-electron chi connectivity index (χ4n) is 1.49. The predicted molar refractivity (Wildman–Crippen MR) is 67.8 cm³/mol. The van der Waals surface area contributed by atoms with E-state index in [9.17, 15) is 13.2 Å². The van der Waals surface area contributed by atoms with E-state index in [2.05, 4.69) is 10.1 Å². The van der Waals surface area contributed by atoms with Crippen molar-refractivity contribution in [2.75, 3.05) is 5.43 Å². The van der Waals surface area contributed by atoms with E-state index in [1.54, 1.807) is 19.1 Å². The summed E-state index contributed by atoms with van der Waals surface area (Å²) in [6, 6.07) is 5.59. The lowest BCUT2D eigenvalue weighted by Crippen LogP contribution is -2.36. The summed E-state index contributed by atoms with van der Waals surface area (Å²) >= 11 is 0. The number of nitrogens with one attached hydrogen (secondary N) is 2. The van der Waals surface area contributed by atoms with Crippen LogP contribution in [0, 0.1) is 0 Å². The third-order valence-corrected chi connectivity index (χ3v) is 3.84. The van der Waals surface area contributed by atoms with E-state index in [0.717, 1.165) is 0 Å². The molecule has 1 amide bonds. The Hall–Kier alpha value is -1.64. The van der Waals surface area contributed by atoms with Gasteiger partial charge < -0.3 is 11.2 Å². The van der Waals surface area contributed by atoms with Crippen molar-refractivity contribution in [1.82, 2.24) is 4.72 Å². The quantitative estimate of drug-likeness (QED) is 0.410. The van der Waals surface area contributed by atoms with Crippen molar-refractivity contribution in [2.45, 2.75) is 24.3 Å². The van der Waals surface area contributed by atoms with Gasteiger partial charge in [0.25, 0.3) is 0 Å². The Labute approximate surface area is 106 Å². The van der Waals surface area contributed by atoms with Gasteiger partial charge in [-0.1, -0.05) is 12.1 Å². The summed E-state index contributed by atoms with van der Waals surface area (Å²) in [4.78, 5) is 10.7. The van der Waals surface area contributed by atoms with Crippen molar-refractivity contribution in [1.29, 1.82) is 0 Å². The maximum atomic E-state index is 12.0. The Morgan fingerprint density at radius 1 is 1.39 bits per heavy atom. The molecule has 6 N–H and O–H groups in total. The van der Waals surface area contributed by atoms with Gasteiger partial charge in [-0.05, 0) is 19.1 Å². The van der Waals surface area contributed by atoms with Gasteiger partial charge in [0.2, 0.25) is 15.9 Å². The number of para-hydroxylation sites is 1. The summed E-state index contributed by atoms with van der Waals surface area (Å²) in [5.74, 6) is 4.67. The minimum Gasteiger partial charge on any atom is -0.370 e. The SMILES string of the molecule is CC(CC(N)=O)NS(=O)(=O)c1ccccc1NN. The van der Waals surface area contributed by atoms with Crippen LogP contribution >= 0.6 is 0 Å². The van der Waals surface area contributed by atoms with Gasteiger partial charge in [-0.25, -0.2) is 13.1 Å². The van der Waals surface area contributed by atoms with Crippen LogP contribution in [-0.2, 0) is 14.8 Å². The molecule has 0 aromatic heterocycles. The highest BCUT2D eigenvalue weighted by Gasteiger charge is 2.21. The van der Waals surface area contributed by atoms with Crippen LogP contribution in [0.5, 0.6) is 0 Å². The molecule has 1 aromatic carbocycles. The summed E-state index contributed by atoms with van der Waals surface area (Å²) in [5, 5.41) is 0. The second-order valence-electron chi connectivity index (χ2n) is 3.83. The molecule has 1 unspecified atom stereocenters. The zero-order valence-corrected chi connectivity index (χ0v) is 10.7. The summed E-state index contributed by atoms with van der Waals surface area (Å²) < 4.78 is 26.4. The molecule has 0 heterocycles. The average molecular weight is 272 g/mol. The lowest BCUT2D eigenvalue weighted by Gasteiger charge is -2.14. The van der Waals surface area contributed by atoms with Gasteiger partial charge in [0.05, 0.1) is 5.69 Å². The first-order chi connectivity index (χ1) is 8.36. The Bertz CT molecular complexity index is 530. The Balaban J connectivity index is 2.96. The molecular weight excluding hydrogens is 256 g/mol. The molecule has 1 atom stereocenters. The van der Waals surface area contributed by atoms with Crippen LogP contribution in [0.15, 0.2) is 29.2 Å². The van der Waals surface area contributed by atoms with Crippen molar-refractivity contribution >= 4 is 21.6 Å². The van der Waals surface area contributed by atoms with Gasteiger partial charge in [0, 0.05) is 12.5 Å². The summed E-state index contributed by atoms with van der Waals surface area (Å²) in [5.41, 5.74) is 7.58. The second-order valence-corrected chi connectivity index (χ2v) is 5.52. The summed E-state index contributed by atoms with van der Waals surface area (Å²) in [6.07, 6.45) is -0.0720. The number of hydrogen-bond acceptors (Lipinski definition) is 5. The molecule has 18 heavy (non-hydrogen) atoms. The number of sulfonamides is 1. The van der Waals surface area contributed by atoms with Crippen LogP contribution in [0.25, 0.3) is 0 Å². The molecule has 0 radical (unpaired) electrons. The third-order valence-electron chi connectivity index (χ3n) is 2.20. The molecule has 0 saturated heterocycles. The minimum absolute atomic E-state index is 0.0174. The molecule has 100 valence electrons. The highest BCUT2D eigenvalue weighted by Crippen LogP contribution is 2.19. The molecule has 0 aliphatic carbocycles. The normalized spacial score (nSPS) is 13.0. The molecule has 0 aliphatic heterocycles. The fourth-order valence-corrected chi connectivity index (χ4v) is 2.91. The highest BCUT2D eigenvalue weighted by molar-refractivity contribution is 7.89. The monoisotopic (exact) mass is 272 g/mol. The number of amides is 1. The van der Waals surface area contributed by atoms with E-state index in [4.69, 9.17) is 11.6 Å². The number of carbonyl (C=O) groups is 1. The van der Waals surface area contributed by atoms with E-state index < -0.39 is 22.0 Å². The molecule has 1 rings (SSSR count). The number of primary amides is 1. The number of benzene rings is 1. The lowest BCUT2D eigenvalue weighted by atomic mass is 10.2. The van der Waals surface area contributed by atoms with Crippen LogP contribution in [0.2, 0.25) is 0 Å². The lowest BCUT2D eigenvalue weighted by molar-refractivity contribution is -0.118. The maximum absolute atomic E-state index is 12.0. The molecule has 7 nitrogen and oxygen atoms in total. The molecule has 0 spiro atoms. The molecule has 1 aromatic rings. The minimum atomic E-state index is -3.75. The maximum Gasteiger partial charge on any atom is 0.242 e. The molecule has 8 heteroatoms. The van der Waals surface area contributed by atoms with Crippen molar-refractivity contribution in [3.8, 4) is 0 Å². The summed E-state index contributed by atoms with van der Waals surface area (Å²) in [7, 11) is -3.75. The molecular formula is C10H16N4O3S. The largest absolute Gasteiger partial charge is 0.370 e. The van der Waals surface area contributed by atoms with Crippen LogP contribution in [0.3, 0.4) is 0 Å². The average Bonchev–Trinajstić information content (AvgIpc) is 2.27. The van der Waals surface area contributed by atoms with Gasteiger partial charge in [0.1, 0.15) is 4.90 Å². The van der Waals surface area contributed by atoms with E-state index in [1.165, 1.54) is 12.1 Å². The van der Waals surface area contributed by atoms with Crippen molar-refractivity contribution in [3.05, 3.63) is 24.3 Å². The number of anilines is 1. The van der Waals surface area contributed by atoms with Gasteiger partial charge >= 0.3 is 0 Å². The van der Waals surface area contributed by atoms with Crippen LogP contribution in [-0.4, -0.2) is 20.4 Å². The Kier molecular flexibility index (Phi) is 4.65. The smallest absolute Gasteiger partial charge is 0.242 e. The van der Waals surface area contributed by atoms with Gasteiger partial charge in [-0.15, -0.1) is 0 Å². The van der Waals surface area contributed by atoms with E-state index in [0.29, 0.717) is 0 Å². The standard InChI is InChI=1S/C10H16N4O3S/c1-7(6-10(11)15)14-18(16,17)9-5-3-2-4-8(9)13-12/h2-5,7,13-14H,6,12H2,1H3,(H2,11,15). The van der Waals surface area contributed by atoms with Gasteiger partial charge in [0.15, 0.2) is 0 Å². The van der Waals surface area contributed by atoms with Crippen LogP contribution < -0.4 is 21.7 Å². The van der Waals surface area contributed by atoms with E-state index in [1.807, 2.05) is 0 Å². The first kappa shape index (κ1) is 14.4. The first-order valence-corrected chi connectivity index (χ1v) is 6.71. The zero-order chi connectivity index (χ0) is 13.8. The van der Waals surface area contributed by atoms with Crippen molar-refractivity contribution < 1.29 is 13.2 Å². The third kappa shape index (κ3) is 3.69. The number of hydrogen-bond donors (Lipinski definition) is 4. The second kappa shape index (κ2) is 5.80. The van der Waals surface area contributed by atoms with Crippen molar-refractivity contribution in [3.63, 3.8) is 0 Å². The number of nitrogens with two attached hydrogens (primary N) is 2. The number of rotatable bonds is 6. The van der Waals surface area contributed by atoms with Gasteiger partial charge in [-0.2, -0.15) is 0 Å². The van der Waals surface area contributed by atoms with E-state index in [-0.39, 0.29) is 17.0 Å². The molecule has 0 saturated carbocycles. The predicted octanol–water partition coefficient (Wildman–Crippen LogP) is -0.486. The first-order valence-electron chi connectivity index (χ1n) is 5.23. The highest BCUT2D eigenvalue weighted by atomic mass is 32.2. The number of hydrazine groups is 1. The number of carbonyl (C=O) groups excluding carboxylic acids is 1. The Morgan fingerprint density at radius 3 is 2.56 bits per heavy atom. The zero-order valence-electron chi connectivity index (χ0n) is 9.88. The molecule has 0 bridgehead atoms. The van der Waals surface area contributed by atoms with Crippen molar-refractivity contribution in [2.24, 2.45) is 11.6 Å². The van der Waals surface area contributed by atoms with Gasteiger partial charge in [-0.3, -0.25) is 10.6 Å². The molecule has 0 aliphatic rings. The Morgan fingerprint density at radius 2 is 2.00 bits per heavy atom.